The van der Waals surface area contributed by atoms with E-state index < -0.39 is 35.1 Å². The van der Waals surface area contributed by atoms with Gasteiger partial charge in [-0.15, -0.1) is 0 Å². The van der Waals surface area contributed by atoms with Crippen LogP contribution in [0, 0.1) is 17.1 Å². The van der Waals surface area contributed by atoms with Gasteiger partial charge in [0.25, 0.3) is 5.91 Å². The fourth-order valence-corrected chi connectivity index (χ4v) is 2.49. The maximum atomic E-state index is 13.4. The minimum Gasteiger partial charge on any atom is -0.348 e. The van der Waals surface area contributed by atoms with Crippen LogP contribution in [-0.2, 0) is 12.7 Å². The second kappa shape index (κ2) is 8.57. The Hall–Kier alpha value is -4.00. The number of hydrogen-bond donors (Lipinski definition) is 2. The summed E-state index contributed by atoms with van der Waals surface area (Å²) in [6.07, 6.45) is -4.16. The number of anilines is 2. The first-order chi connectivity index (χ1) is 14.3. The highest BCUT2D eigenvalue weighted by Crippen LogP contribution is 2.31. The Kier molecular flexibility index (Phi) is 5.92. The Morgan fingerprint density at radius 2 is 1.87 bits per heavy atom. The summed E-state index contributed by atoms with van der Waals surface area (Å²) in [7, 11) is 0. The second-order valence-corrected chi connectivity index (χ2v) is 6.08. The lowest BCUT2D eigenvalue weighted by Gasteiger charge is -2.13. The lowest BCUT2D eigenvalue weighted by Crippen LogP contribution is -2.27. The van der Waals surface area contributed by atoms with E-state index in [9.17, 15) is 22.4 Å². The number of hydrogen-bond acceptors (Lipinski definition) is 5. The summed E-state index contributed by atoms with van der Waals surface area (Å²) >= 11 is 0. The van der Waals surface area contributed by atoms with E-state index in [2.05, 4.69) is 20.6 Å². The van der Waals surface area contributed by atoms with Crippen molar-refractivity contribution in [1.82, 2.24) is 15.3 Å². The molecule has 0 radical (unpaired) electrons. The Morgan fingerprint density at radius 3 is 2.50 bits per heavy atom. The standard InChI is InChI=1S/C20H13F4N5O/c21-14-2-1-3-15(8-14)28-19-27-11-16(17(29-19)20(22,23)24)18(30)26-10-13-6-4-12(9-25)5-7-13/h1-8,11H,10H2,(H,26,30)(H,27,28,29). The Morgan fingerprint density at radius 1 is 1.13 bits per heavy atom. The van der Waals surface area contributed by atoms with Crippen molar-refractivity contribution >= 4 is 17.5 Å². The number of carbonyl (C=O) groups is 1. The molecule has 3 aromatic rings. The second-order valence-electron chi connectivity index (χ2n) is 6.08. The zero-order valence-corrected chi connectivity index (χ0v) is 15.2. The molecule has 30 heavy (non-hydrogen) atoms. The van der Waals surface area contributed by atoms with Crippen LogP contribution in [0.4, 0.5) is 29.2 Å². The average molecular weight is 415 g/mol. The largest absolute Gasteiger partial charge is 0.434 e. The zero-order valence-electron chi connectivity index (χ0n) is 15.2. The maximum absolute atomic E-state index is 13.4. The molecule has 1 heterocycles. The minimum absolute atomic E-state index is 0.0505. The molecule has 0 saturated heterocycles. The lowest BCUT2D eigenvalue weighted by molar-refractivity contribution is -0.141. The Bertz CT molecular complexity index is 1110. The molecule has 0 aliphatic rings. The van der Waals surface area contributed by atoms with Gasteiger partial charge in [-0.05, 0) is 35.9 Å². The molecule has 152 valence electrons. The van der Waals surface area contributed by atoms with E-state index in [4.69, 9.17) is 5.26 Å². The molecular weight excluding hydrogens is 402 g/mol. The monoisotopic (exact) mass is 415 g/mol. The fraction of sp³-hybridized carbons (Fsp3) is 0.100. The van der Waals surface area contributed by atoms with Gasteiger partial charge in [-0.1, -0.05) is 18.2 Å². The number of amides is 1. The third kappa shape index (κ3) is 5.08. The third-order valence-electron chi connectivity index (χ3n) is 3.92. The first kappa shape index (κ1) is 20.7. The SMILES string of the molecule is N#Cc1ccc(CNC(=O)c2cnc(Nc3cccc(F)c3)nc2C(F)(F)F)cc1. The van der Waals surface area contributed by atoms with Crippen molar-refractivity contribution in [2.75, 3.05) is 5.32 Å². The topological polar surface area (TPSA) is 90.7 Å². The van der Waals surface area contributed by atoms with Crippen LogP contribution >= 0.6 is 0 Å². The molecule has 0 aliphatic carbocycles. The van der Waals surface area contributed by atoms with Crippen molar-refractivity contribution in [3.8, 4) is 6.07 Å². The first-order valence-electron chi connectivity index (χ1n) is 8.50. The molecule has 0 bridgehead atoms. The highest BCUT2D eigenvalue weighted by atomic mass is 19.4. The molecule has 0 saturated carbocycles. The highest BCUT2D eigenvalue weighted by Gasteiger charge is 2.38. The van der Waals surface area contributed by atoms with Crippen LogP contribution in [0.5, 0.6) is 0 Å². The van der Waals surface area contributed by atoms with Gasteiger partial charge in [-0.25, -0.2) is 14.4 Å². The van der Waals surface area contributed by atoms with Gasteiger partial charge in [0.05, 0.1) is 17.2 Å². The van der Waals surface area contributed by atoms with Crippen LogP contribution in [0.25, 0.3) is 0 Å². The van der Waals surface area contributed by atoms with E-state index in [0.717, 1.165) is 12.3 Å². The molecule has 0 aliphatic heterocycles. The molecule has 2 N–H and O–H groups in total. The van der Waals surface area contributed by atoms with E-state index >= 15 is 0 Å². The number of rotatable bonds is 5. The van der Waals surface area contributed by atoms with Crippen LogP contribution in [-0.4, -0.2) is 15.9 Å². The summed E-state index contributed by atoms with van der Waals surface area (Å²) in [6, 6.07) is 13.2. The van der Waals surface area contributed by atoms with E-state index in [0.29, 0.717) is 11.1 Å². The van der Waals surface area contributed by atoms with Crippen LogP contribution < -0.4 is 10.6 Å². The van der Waals surface area contributed by atoms with E-state index in [1.165, 1.54) is 30.3 Å². The van der Waals surface area contributed by atoms with Crippen LogP contribution in [0.3, 0.4) is 0 Å². The van der Waals surface area contributed by atoms with Gasteiger partial charge in [0, 0.05) is 18.4 Å². The average Bonchev–Trinajstić information content (AvgIpc) is 2.72. The third-order valence-corrected chi connectivity index (χ3v) is 3.92. The molecule has 0 unspecified atom stereocenters. The van der Waals surface area contributed by atoms with Crippen molar-refractivity contribution in [3.63, 3.8) is 0 Å². The molecule has 1 aromatic heterocycles. The van der Waals surface area contributed by atoms with Crippen molar-refractivity contribution in [2.24, 2.45) is 0 Å². The van der Waals surface area contributed by atoms with Crippen molar-refractivity contribution in [1.29, 1.82) is 5.26 Å². The van der Waals surface area contributed by atoms with Gasteiger partial charge in [0.15, 0.2) is 5.69 Å². The zero-order chi connectivity index (χ0) is 21.7. The smallest absolute Gasteiger partial charge is 0.348 e. The summed E-state index contributed by atoms with van der Waals surface area (Å²) in [5.41, 5.74) is -1.00. The molecule has 1 amide bonds. The van der Waals surface area contributed by atoms with Crippen LogP contribution in [0.2, 0.25) is 0 Å². The first-order valence-corrected chi connectivity index (χ1v) is 8.50. The predicted octanol–water partition coefficient (Wildman–Crippen LogP) is 4.18. The normalized spacial score (nSPS) is 10.9. The summed E-state index contributed by atoms with van der Waals surface area (Å²) < 4.78 is 53.6. The molecule has 10 heteroatoms. The molecular formula is C20H13F4N5O. The maximum Gasteiger partial charge on any atom is 0.434 e. The van der Waals surface area contributed by atoms with Crippen molar-refractivity contribution in [3.05, 3.63) is 82.9 Å². The predicted molar refractivity (Wildman–Crippen MR) is 99.0 cm³/mol. The van der Waals surface area contributed by atoms with Crippen molar-refractivity contribution in [2.45, 2.75) is 12.7 Å². The van der Waals surface area contributed by atoms with Gasteiger partial charge in [0.1, 0.15) is 5.82 Å². The van der Waals surface area contributed by atoms with Gasteiger partial charge in [-0.3, -0.25) is 4.79 Å². The number of nitriles is 1. The van der Waals surface area contributed by atoms with Gasteiger partial charge in [-0.2, -0.15) is 18.4 Å². The lowest BCUT2D eigenvalue weighted by atomic mass is 10.1. The molecule has 6 nitrogen and oxygen atoms in total. The number of nitrogens with one attached hydrogen (secondary N) is 2. The quantitative estimate of drug-likeness (QED) is 0.610. The number of halogens is 4. The molecule has 3 rings (SSSR count). The summed E-state index contributed by atoms with van der Waals surface area (Å²) in [5.74, 6) is -2.03. The van der Waals surface area contributed by atoms with Crippen LogP contribution in [0.1, 0.15) is 27.2 Å². The minimum atomic E-state index is -4.91. The number of aromatic nitrogens is 2. The van der Waals surface area contributed by atoms with Gasteiger partial charge < -0.3 is 10.6 Å². The Balaban J connectivity index is 1.80. The molecule has 0 atom stereocenters. The Labute approximate surface area is 168 Å². The summed E-state index contributed by atoms with van der Waals surface area (Å²) in [5, 5.41) is 13.6. The fourth-order valence-electron chi connectivity index (χ4n) is 2.49. The number of alkyl halides is 3. The number of benzene rings is 2. The van der Waals surface area contributed by atoms with Crippen LogP contribution in [0.15, 0.2) is 54.7 Å². The highest BCUT2D eigenvalue weighted by molar-refractivity contribution is 5.95. The van der Waals surface area contributed by atoms with Crippen molar-refractivity contribution < 1.29 is 22.4 Å². The van der Waals surface area contributed by atoms with E-state index in [1.807, 2.05) is 6.07 Å². The summed E-state index contributed by atoms with van der Waals surface area (Å²) in [6.45, 7) is -0.0505. The molecule has 0 fully saturated rings. The summed E-state index contributed by atoms with van der Waals surface area (Å²) in [4.78, 5) is 19.4. The van der Waals surface area contributed by atoms with E-state index in [-0.39, 0.29) is 12.2 Å². The number of nitrogens with zero attached hydrogens (tertiary/aromatic N) is 3. The van der Waals surface area contributed by atoms with Gasteiger partial charge in [0.2, 0.25) is 5.95 Å². The number of carbonyl (C=O) groups excluding carboxylic acids is 1. The molecule has 2 aromatic carbocycles. The van der Waals surface area contributed by atoms with E-state index in [1.54, 1.807) is 12.1 Å². The molecule has 0 spiro atoms. The van der Waals surface area contributed by atoms with Gasteiger partial charge >= 0.3 is 6.18 Å².